The average Bonchev–Trinajstić information content (AvgIpc) is 3.17. The van der Waals surface area contributed by atoms with Crippen LogP contribution in [0.3, 0.4) is 0 Å². The molecule has 5 rings (SSSR count). The lowest BCUT2D eigenvalue weighted by Crippen LogP contribution is -2.44. The number of nitrogens with two attached hydrogens (primary N) is 1. The first kappa shape index (κ1) is 14.6. The van der Waals surface area contributed by atoms with E-state index >= 15 is 0 Å². The van der Waals surface area contributed by atoms with Crippen molar-refractivity contribution in [3.8, 4) is 11.1 Å². The molecule has 0 radical (unpaired) electrons. The summed E-state index contributed by atoms with van der Waals surface area (Å²) < 4.78 is 3.56. The third-order valence-electron chi connectivity index (χ3n) is 4.55. The Labute approximate surface area is 147 Å². The lowest BCUT2D eigenvalue weighted by Gasteiger charge is -2.32. The smallest absolute Gasteiger partial charge is 0.241 e. The minimum Gasteiger partial charge on any atom is -0.350 e. The van der Waals surface area contributed by atoms with Crippen LogP contribution in [0.2, 0.25) is 5.15 Å². The van der Waals surface area contributed by atoms with Gasteiger partial charge in [0.2, 0.25) is 11.7 Å². The van der Waals surface area contributed by atoms with Crippen molar-refractivity contribution in [2.24, 2.45) is 5.73 Å². The van der Waals surface area contributed by atoms with Gasteiger partial charge in [-0.15, -0.1) is 5.10 Å². The molecule has 0 bridgehead atoms. The van der Waals surface area contributed by atoms with Gasteiger partial charge in [0, 0.05) is 41.8 Å². The third kappa shape index (κ3) is 2.41. The Morgan fingerprint density at radius 2 is 2.00 bits per heavy atom. The van der Waals surface area contributed by atoms with Crippen LogP contribution in [-0.2, 0) is 0 Å². The van der Waals surface area contributed by atoms with E-state index in [1.807, 2.05) is 29.2 Å². The van der Waals surface area contributed by atoms with Crippen LogP contribution in [0.15, 0.2) is 37.1 Å². The minimum absolute atomic E-state index is 0.289. The molecule has 8 nitrogen and oxygen atoms in total. The van der Waals surface area contributed by atoms with Crippen LogP contribution in [0.4, 0.5) is 5.95 Å². The highest BCUT2D eigenvalue weighted by atomic mass is 35.5. The lowest BCUT2D eigenvalue weighted by atomic mass is 9.88. The summed E-state index contributed by atoms with van der Waals surface area (Å²) in [5, 5.41) is 8.36. The molecule has 0 amide bonds. The normalized spacial score (nSPS) is 20.1. The molecule has 0 aliphatic heterocycles. The van der Waals surface area contributed by atoms with Crippen molar-refractivity contribution in [3.63, 3.8) is 0 Å². The summed E-state index contributed by atoms with van der Waals surface area (Å²) in [4.78, 5) is 12.9. The van der Waals surface area contributed by atoms with E-state index in [-0.39, 0.29) is 6.04 Å². The Hall–Kier alpha value is -2.71. The largest absolute Gasteiger partial charge is 0.350 e. The van der Waals surface area contributed by atoms with E-state index in [2.05, 4.69) is 25.4 Å². The minimum atomic E-state index is 0.289. The number of anilines is 1. The maximum Gasteiger partial charge on any atom is 0.241 e. The Kier molecular flexibility index (Phi) is 3.16. The zero-order valence-electron chi connectivity index (χ0n) is 13.2. The van der Waals surface area contributed by atoms with E-state index in [9.17, 15) is 0 Å². The predicted octanol–water partition coefficient (Wildman–Crippen LogP) is 1.99. The van der Waals surface area contributed by atoms with E-state index in [4.69, 9.17) is 17.3 Å². The Bertz CT molecular complexity index is 1080. The second kappa shape index (κ2) is 5.40. The zero-order chi connectivity index (χ0) is 17.0. The molecule has 3 N–H and O–H groups in total. The second-order valence-corrected chi connectivity index (χ2v) is 6.69. The highest BCUT2D eigenvalue weighted by Gasteiger charge is 2.26. The maximum absolute atomic E-state index is 6.14. The van der Waals surface area contributed by atoms with E-state index in [1.54, 1.807) is 16.8 Å². The first-order chi connectivity index (χ1) is 12.2. The summed E-state index contributed by atoms with van der Waals surface area (Å²) in [6, 6.07) is 2.63. The zero-order valence-corrected chi connectivity index (χ0v) is 13.9. The van der Waals surface area contributed by atoms with E-state index in [0.717, 1.165) is 29.5 Å². The molecule has 0 aromatic carbocycles. The Morgan fingerprint density at radius 1 is 1.16 bits per heavy atom. The molecule has 0 saturated heterocycles. The number of fused-ring (bicyclic) bond motifs is 2. The van der Waals surface area contributed by atoms with Gasteiger partial charge in [0.1, 0.15) is 5.15 Å². The van der Waals surface area contributed by atoms with Crippen LogP contribution in [0.1, 0.15) is 12.8 Å². The fourth-order valence-electron chi connectivity index (χ4n) is 3.16. The Balaban J connectivity index is 1.51. The van der Waals surface area contributed by atoms with Crippen molar-refractivity contribution < 1.29 is 0 Å². The quantitative estimate of drug-likeness (QED) is 0.584. The number of rotatable bonds is 3. The first-order valence-electron chi connectivity index (χ1n) is 8.03. The summed E-state index contributed by atoms with van der Waals surface area (Å²) in [7, 11) is 0. The number of halogens is 1. The summed E-state index contributed by atoms with van der Waals surface area (Å²) in [6.45, 7) is 0. The van der Waals surface area contributed by atoms with Gasteiger partial charge in [0.15, 0.2) is 0 Å². The molecule has 4 heterocycles. The van der Waals surface area contributed by atoms with Crippen molar-refractivity contribution in [1.82, 2.24) is 29.0 Å². The first-order valence-corrected chi connectivity index (χ1v) is 8.40. The highest BCUT2D eigenvalue weighted by molar-refractivity contribution is 6.29. The van der Waals surface area contributed by atoms with Crippen molar-refractivity contribution in [3.05, 3.63) is 42.2 Å². The fourth-order valence-corrected chi connectivity index (χ4v) is 3.33. The number of imidazole rings is 1. The molecule has 1 aliphatic rings. The Morgan fingerprint density at radius 3 is 2.84 bits per heavy atom. The van der Waals surface area contributed by atoms with Gasteiger partial charge in [-0.3, -0.25) is 4.40 Å². The molecule has 1 aliphatic carbocycles. The molecule has 4 aromatic rings. The van der Waals surface area contributed by atoms with Crippen molar-refractivity contribution in [2.75, 3.05) is 5.32 Å². The lowest BCUT2D eigenvalue weighted by molar-refractivity contribution is 0.371. The van der Waals surface area contributed by atoms with Gasteiger partial charge in [0.25, 0.3) is 0 Å². The molecule has 1 saturated carbocycles. The summed E-state index contributed by atoms with van der Waals surface area (Å²) in [5.74, 6) is 1.18. The predicted molar refractivity (Wildman–Crippen MR) is 94.6 cm³/mol. The SMILES string of the molecule is N[C@H]1C[C@H](Nc2ncc3c(-c4cnc5ncc(Cl)n5c4)ccn3n2)C1. The average molecular weight is 355 g/mol. The number of nitrogens with zero attached hydrogens (tertiary/aromatic N) is 6. The molecule has 0 unspecified atom stereocenters. The molecule has 0 atom stereocenters. The number of hydrogen-bond acceptors (Lipinski definition) is 6. The van der Waals surface area contributed by atoms with Crippen LogP contribution in [0, 0.1) is 0 Å². The molecule has 126 valence electrons. The maximum atomic E-state index is 6.14. The van der Waals surface area contributed by atoms with Gasteiger partial charge in [-0.1, -0.05) is 11.6 Å². The van der Waals surface area contributed by atoms with Crippen LogP contribution in [-0.4, -0.2) is 41.1 Å². The van der Waals surface area contributed by atoms with Gasteiger partial charge in [-0.05, 0) is 18.9 Å². The molecule has 9 heteroatoms. The van der Waals surface area contributed by atoms with E-state index in [1.165, 1.54) is 0 Å². The number of nitrogens with one attached hydrogen (secondary N) is 1. The second-order valence-electron chi connectivity index (χ2n) is 6.31. The summed E-state index contributed by atoms with van der Waals surface area (Å²) in [6.07, 6.45) is 10.9. The van der Waals surface area contributed by atoms with Gasteiger partial charge < -0.3 is 11.1 Å². The van der Waals surface area contributed by atoms with Gasteiger partial charge >= 0.3 is 0 Å². The standard InChI is InChI=1S/C16H15ClN8/c17-14-7-21-16-20-5-9(8-24(14)16)12-1-2-25-13(12)6-19-15(23-25)22-11-3-10(18)4-11/h1-2,5-8,10-11H,3-4,18H2,(H,22,23)/t10-,11-. The molecule has 1 fully saturated rings. The molecule has 0 spiro atoms. The van der Waals surface area contributed by atoms with Crippen LogP contribution in [0.25, 0.3) is 22.4 Å². The number of aromatic nitrogens is 6. The summed E-state index contributed by atoms with van der Waals surface area (Å²) in [5.41, 5.74) is 8.62. The van der Waals surface area contributed by atoms with Crippen molar-refractivity contribution in [2.45, 2.75) is 24.9 Å². The van der Waals surface area contributed by atoms with Crippen LogP contribution < -0.4 is 11.1 Å². The monoisotopic (exact) mass is 354 g/mol. The van der Waals surface area contributed by atoms with Crippen LogP contribution >= 0.6 is 11.6 Å². The molecular formula is C16H15ClN8. The highest BCUT2D eigenvalue weighted by Crippen LogP contribution is 2.26. The third-order valence-corrected chi connectivity index (χ3v) is 4.83. The van der Waals surface area contributed by atoms with Gasteiger partial charge in [-0.2, -0.15) is 0 Å². The molecular weight excluding hydrogens is 340 g/mol. The van der Waals surface area contributed by atoms with E-state index in [0.29, 0.717) is 22.9 Å². The number of hydrogen-bond donors (Lipinski definition) is 2. The molecule has 4 aromatic heterocycles. The van der Waals surface area contributed by atoms with Gasteiger partial charge in [-0.25, -0.2) is 19.5 Å². The summed E-state index contributed by atoms with van der Waals surface area (Å²) >= 11 is 6.14. The fraction of sp³-hybridized carbons (Fsp3) is 0.250. The molecule has 25 heavy (non-hydrogen) atoms. The van der Waals surface area contributed by atoms with E-state index < -0.39 is 0 Å². The van der Waals surface area contributed by atoms with Gasteiger partial charge in [0.05, 0.1) is 17.9 Å². The van der Waals surface area contributed by atoms with Crippen LogP contribution in [0.5, 0.6) is 0 Å². The van der Waals surface area contributed by atoms with Crippen molar-refractivity contribution >= 4 is 28.8 Å². The topological polar surface area (TPSA) is 98.4 Å². The van der Waals surface area contributed by atoms with Crippen molar-refractivity contribution in [1.29, 1.82) is 0 Å².